The van der Waals surface area contributed by atoms with Crippen molar-refractivity contribution in [2.75, 3.05) is 17.6 Å². The largest absolute Gasteiger partial charge is 0.382 e. The van der Waals surface area contributed by atoms with Gasteiger partial charge in [0.2, 0.25) is 0 Å². The van der Waals surface area contributed by atoms with Gasteiger partial charge in [0, 0.05) is 16.3 Å². The Balaban J connectivity index is 1.98. The summed E-state index contributed by atoms with van der Waals surface area (Å²) in [5.74, 6) is 0.118. The second kappa shape index (κ2) is 6.91. The normalized spacial score (nSPS) is 10.6. The van der Waals surface area contributed by atoms with Gasteiger partial charge >= 0.3 is 0 Å². The number of anilines is 2. The van der Waals surface area contributed by atoms with Gasteiger partial charge in [-0.25, -0.2) is 4.98 Å². The second-order valence-electron chi connectivity index (χ2n) is 4.79. The van der Waals surface area contributed by atoms with Crippen molar-refractivity contribution in [3.05, 3.63) is 26.3 Å². The van der Waals surface area contributed by atoms with Crippen LogP contribution in [0, 0.1) is 13.8 Å². The summed E-state index contributed by atoms with van der Waals surface area (Å²) >= 11 is 3.00. The molecule has 0 saturated heterocycles. The fourth-order valence-electron chi connectivity index (χ4n) is 1.79. The Kier molecular flexibility index (Phi) is 5.19. The van der Waals surface area contributed by atoms with Crippen LogP contribution in [-0.4, -0.2) is 17.4 Å². The first kappa shape index (κ1) is 15.8. The van der Waals surface area contributed by atoms with Gasteiger partial charge in [0.1, 0.15) is 10.7 Å². The topological polar surface area (TPSA) is 80.0 Å². The molecule has 2 aromatic rings. The first-order valence-corrected chi connectivity index (χ1v) is 8.48. The summed E-state index contributed by atoms with van der Waals surface area (Å²) in [5, 5.41) is 6.74. The van der Waals surface area contributed by atoms with Gasteiger partial charge in [0.15, 0.2) is 5.13 Å². The van der Waals surface area contributed by atoms with E-state index in [4.69, 9.17) is 5.73 Å². The number of aryl methyl sites for hydroxylation is 2. The highest BCUT2D eigenvalue weighted by molar-refractivity contribution is 7.18. The molecule has 0 spiro atoms. The van der Waals surface area contributed by atoms with Crippen LogP contribution in [0.25, 0.3) is 0 Å². The smallest absolute Gasteiger partial charge is 0.265 e. The van der Waals surface area contributed by atoms with E-state index < -0.39 is 0 Å². The molecule has 0 unspecified atom stereocenters. The van der Waals surface area contributed by atoms with E-state index in [1.807, 2.05) is 0 Å². The van der Waals surface area contributed by atoms with E-state index in [2.05, 4.69) is 42.5 Å². The van der Waals surface area contributed by atoms with Crippen LogP contribution < -0.4 is 16.4 Å². The lowest BCUT2D eigenvalue weighted by atomic mass is 10.3. The second-order valence-corrected chi connectivity index (χ2v) is 7.13. The number of nitrogens with two attached hydrogens (primary N) is 1. The summed E-state index contributed by atoms with van der Waals surface area (Å²) in [6.07, 6.45) is 0.998. The molecular weight excluding hydrogens is 304 g/mol. The lowest BCUT2D eigenvalue weighted by Gasteiger charge is -2.01. The van der Waals surface area contributed by atoms with Crippen molar-refractivity contribution in [1.82, 2.24) is 10.3 Å². The van der Waals surface area contributed by atoms with Crippen LogP contribution in [0.4, 0.5) is 10.9 Å². The number of nitrogen functional groups attached to an aromatic ring is 1. The SMILES string of the molecule is CCCNc1nc(N)c(C(=O)NCc2cc(C)c(C)s2)s1. The molecule has 5 nitrogen and oxygen atoms in total. The standard InChI is InChI=1S/C14H20N4OS2/c1-4-5-16-14-18-12(15)11(21-14)13(19)17-7-10-6-8(2)9(3)20-10/h6H,4-5,7,15H2,1-3H3,(H,16,18)(H,17,19). The summed E-state index contributed by atoms with van der Waals surface area (Å²) in [4.78, 5) is 19.2. The monoisotopic (exact) mass is 324 g/mol. The summed E-state index contributed by atoms with van der Waals surface area (Å²) in [6.45, 7) is 7.57. The van der Waals surface area contributed by atoms with Crippen LogP contribution in [0.15, 0.2) is 6.07 Å². The van der Waals surface area contributed by atoms with Crippen LogP contribution in [0.5, 0.6) is 0 Å². The Morgan fingerprint density at radius 2 is 2.14 bits per heavy atom. The van der Waals surface area contributed by atoms with Crippen molar-refractivity contribution >= 4 is 39.5 Å². The number of nitrogens with one attached hydrogen (secondary N) is 2. The lowest BCUT2D eigenvalue weighted by molar-refractivity contribution is 0.0956. The predicted molar refractivity (Wildman–Crippen MR) is 90.3 cm³/mol. The number of amides is 1. The molecule has 0 aromatic carbocycles. The van der Waals surface area contributed by atoms with Crippen molar-refractivity contribution in [2.45, 2.75) is 33.7 Å². The van der Waals surface area contributed by atoms with E-state index >= 15 is 0 Å². The molecule has 0 atom stereocenters. The highest BCUT2D eigenvalue weighted by Crippen LogP contribution is 2.25. The molecule has 0 saturated carbocycles. The first-order chi connectivity index (χ1) is 10.0. The Morgan fingerprint density at radius 3 is 2.76 bits per heavy atom. The molecule has 0 aliphatic heterocycles. The molecule has 2 aromatic heterocycles. The molecule has 0 aliphatic carbocycles. The van der Waals surface area contributed by atoms with Crippen LogP contribution in [0.1, 0.15) is 38.3 Å². The summed E-state index contributed by atoms with van der Waals surface area (Å²) in [5.41, 5.74) is 7.07. The maximum Gasteiger partial charge on any atom is 0.265 e. The molecule has 0 radical (unpaired) electrons. The van der Waals surface area contributed by atoms with E-state index in [0.717, 1.165) is 17.8 Å². The van der Waals surface area contributed by atoms with E-state index in [9.17, 15) is 4.79 Å². The molecule has 4 N–H and O–H groups in total. The van der Waals surface area contributed by atoms with Gasteiger partial charge in [-0.15, -0.1) is 11.3 Å². The quantitative estimate of drug-likeness (QED) is 0.762. The third-order valence-electron chi connectivity index (χ3n) is 3.03. The zero-order valence-corrected chi connectivity index (χ0v) is 14.1. The molecule has 0 aliphatic rings. The number of rotatable bonds is 6. The Labute approximate surface area is 132 Å². The Hall–Kier alpha value is -1.60. The highest BCUT2D eigenvalue weighted by atomic mass is 32.1. The van der Waals surface area contributed by atoms with Gasteiger partial charge in [0.25, 0.3) is 5.91 Å². The van der Waals surface area contributed by atoms with E-state index in [0.29, 0.717) is 16.6 Å². The molecule has 2 rings (SSSR count). The number of nitrogens with zero attached hydrogens (tertiary/aromatic N) is 1. The summed E-state index contributed by atoms with van der Waals surface area (Å²) < 4.78 is 0. The first-order valence-electron chi connectivity index (χ1n) is 6.85. The molecule has 1 amide bonds. The summed E-state index contributed by atoms with van der Waals surface area (Å²) in [6, 6.07) is 2.10. The van der Waals surface area contributed by atoms with Crippen molar-refractivity contribution in [3.63, 3.8) is 0 Å². The van der Waals surface area contributed by atoms with Crippen molar-refractivity contribution in [3.8, 4) is 0 Å². The van der Waals surface area contributed by atoms with Crippen LogP contribution in [-0.2, 0) is 6.54 Å². The molecule has 0 bridgehead atoms. The molecule has 0 fully saturated rings. The zero-order valence-electron chi connectivity index (χ0n) is 12.4. The van der Waals surface area contributed by atoms with Crippen LogP contribution >= 0.6 is 22.7 Å². The average Bonchev–Trinajstić information content (AvgIpc) is 2.97. The molecular formula is C14H20N4OS2. The summed E-state index contributed by atoms with van der Waals surface area (Å²) in [7, 11) is 0. The third kappa shape index (κ3) is 3.95. The van der Waals surface area contributed by atoms with Gasteiger partial charge in [-0.2, -0.15) is 0 Å². The zero-order chi connectivity index (χ0) is 15.4. The van der Waals surface area contributed by atoms with Crippen molar-refractivity contribution in [2.24, 2.45) is 0 Å². The fourth-order valence-corrected chi connectivity index (χ4v) is 3.61. The number of hydrogen-bond donors (Lipinski definition) is 3. The van der Waals surface area contributed by atoms with Crippen molar-refractivity contribution in [1.29, 1.82) is 0 Å². The van der Waals surface area contributed by atoms with Gasteiger partial charge < -0.3 is 16.4 Å². The maximum atomic E-state index is 12.2. The Morgan fingerprint density at radius 1 is 1.38 bits per heavy atom. The van der Waals surface area contributed by atoms with Crippen LogP contribution in [0.3, 0.4) is 0 Å². The van der Waals surface area contributed by atoms with Gasteiger partial charge in [0.05, 0.1) is 6.54 Å². The van der Waals surface area contributed by atoms with Gasteiger partial charge in [-0.05, 0) is 31.9 Å². The number of thiophene rings is 1. The number of thiazole rings is 1. The Bertz CT molecular complexity index is 613. The molecule has 2 heterocycles. The fraction of sp³-hybridized carbons (Fsp3) is 0.429. The van der Waals surface area contributed by atoms with E-state index in [1.54, 1.807) is 11.3 Å². The predicted octanol–water partition coefficient (Wildman–Crippen LogP) is 3.16. The minimum atomic E-state index is -0.168. The highest BCUT2D eigenvalue weighted by Gasteiger charge is 2.16. The number of aromatic nitrogens is 1. The third-order valence-corrected chi connectivity index (χ3v) is 5.21. The number of carbonyl (C=O) groups excluding carboxylic acids is 1. The minimum absolute atomic E-state index is 0.168. The molecule has 114 valence electrons. The average molecular weight is 324 g/mol. The number of hydrogen-bond acceptors (Lipinski definition) is 6. The number of carbonyl (C=O) groups is 1. The molecule has 21 heavy (non-hydrogen) atoms. The lowest BCUT2D eigenvalue weighted by Crippen LogP contribution is -2.22. The van der Waals surface area contributed by atoms with Gasteiger partial charge in [-0.1, -0.05) is 18.3 Å². The van der Waals surface area contributed by atoms with Gasteiger partial charge in [-0.3, -0.25) is 4.79 Å². The van der Waals surface area contributed by atoms with E-state index in [-0.39, 0.29) is 11.7 Å². The van der Waals surface area contributed by atoms with Crippen LogP contribution in [0.2, 0.25) is 0 Å². The minimum Gasteiger partial charge on any atom is -0.382 e. The maximum absolute atomic E-state index is 12.2. The van der Waals surface area contributed by atoms with Crippen molar-refractivity contribution < 1.29 is 4.79 Å². The molecule has 7 heteroatoms. The van der Waals surface area contributed by atoms with E-state index in [1.165, 1.54) is 21.8 Å².